The highest BCUT2D eigenvalue weighted by Gasteiger charge is 2.30. The average molecular weight is 297 g/mol. The van der Waals surface area contributed by atoms with Gasteiger partial charge in [-0.25, -0.2) is 4.98 Å². The predicted molar refractivity (Wildman–Crippen MR) is 70.7 cm³/mol. The highest BCUT2D eigenvalue weighted by atomic mass is 19.4. The number of alkyl halides is 3. The van der Waals surface area contributed by atoms with Crippen molar-refractivity contribution in [3.63, 3.8) is 0 Å². The summed E-state index contributed by atoms with van der Waals surface area (Å²) >= 11 is 0. The maximum atomic E-state index is 12.6. The smallest absolute Gasteiger partial charge is 0.350 e. The van der Waals surface area contributed by atoms with Gasteiger partial charge < -0.3 is 9.88 Å². The van der Waals surface area contributed by atoms with E-state index in [1.165, 1.54) is 12.1 Å². The number of rotatable bonds is 4. The summed E-state index contributed by atoms with van der Waals surface area (Å²) in [6, 6.07) is 4.36. The summed E-state index contributed by atoms with van der Waals surface area (Å²) in [4.78, 5) is 15.9. The molecule has 1 heterocycles. The summed E-state index contributed by atoms with van der Waals surface area (Å²) in [5.41, 5.74) is -0.840. The number of aryl methyl sites for hydroxylation is 1. The number of carbonyl (C=O) groups excluding carboxylic acids is 1. The maximum Gasteiger partial charge on any atom is 0.416 e. The normalized spacial score (nSPS) is 11.4. The monoisotopic (exact) mass is 297 g/mol. The largest absolute Gasteiger partial charge is 0.416 e. The lowest BCUT2D eigenvalue weighted by atomic mass is 10.1. The van der Waals surface area contributed by atoms with Crippen molar-refractivity contribution < 1.29 is 18.0 Å². The summed E-state index contributed by atoms with van der Waals surface area (Å²) in [5.74, 6) is 0.280. The van der Waals surface area contributed by atoms with Crippen LogP contribution in [0.15, 0.2) is 36.7 Å². The zero-order chi connectivity index (χ0) is 15.5. The Morgan fingerprint density at radius 3 is 2.76 bits per heavy atom. The number of amides is 1. The second-order valence-electron chi connectivity index (χ2n) is 4.50. The number of nitrogens with zero attached hydrogens (tertiary/aromatic N) is 2. The lowest BCUT2D eigenvalue weighted by Gasteiger charge is -2.10. The molecule has 0 aliphatic heterocycles. The third-order valence-corrected chi connectivity index (χ3v) is 3.01. The van der Waals surface area contributed by atoms with Crippen LogP contribution in [0.4, 0.5) is 13.2 Å². The van der Waals surface area contributed by atoms with Crippen LogP contribution in [0.1, 0.15) is 21.7 Å². The van der Waals surface area contributed by atoms with Crippen molar-refractivity contribution in [3.05, 3.63) is 53.6 Å². The van der Waals surface area contributed by atoms with Crippen LogP contribution in [0, 0.1) is 6.92 Å². The molecule has 1 aromatic carbocycles. The molecule has 0 spiro atoms. The fourth-order valence-electron chi connectivity index (χ4n) is 1.87. The molecule has 0 unspecified atom stereocenters. The molecule has 21 heavy (non-hydrogen) atoms. The molecule has 0 radical (unpaired) electrons. The van der Waals surface area contributed by atoms with E-state index in [4.69, 9.17) is 0 Å². The van der Waals surface area contributed by atoms with E-state index >= 15 is 0 Å². The van der Waals surface area contributed by atoms with Crippen molar-refractivity contribution in [2.24, 2.45) is 0 Å². The van der Waals surface area contributed by atoms with Gasteiger partial charge in [0.1, 0.15) is 5.82 Å². The van der Waals surface area contributed by atoms with Gasteiger partial charge in [0.05, 0.1) is 5.56 Å². The van der Waals surface area contributed by atoms with E-state index in [1.807, 2.05) is 11.5 Å². The van der Waals surface area contributed by atoms with Crippen LogP contribution in [-0.2, 0) is 12.7 Å². The van der Waals surface area contributed by atoms with Crippen LogP contribution in [-0.4, -0.2) is 22.0 Å². The number of benzene rings is 1. The lowest BCUT2D eigenvalue weighted by molar-refractivity contribution is -0.137. The number of nitrogens with one attached hydrogen (secondary N) is 1. The number of hydrogen-bond acceptors (Lipinski definition) is 2. The molecular formula is C14H14F3N3O. The lowest BCUT2D eigenvalue weighted by Crippen LogP contribution is -2.27. The number of imidazole rings is 1. The molecule has 0 saturated carbocycles. The molecular weight excluding hydrogens is 283 g/mol. The molecule has 1 N–H and O–H groups in total. The third-order valence-electron chi connectivity index (χ3n) is 3.01. The van der Waals surface area contributed by atoms with Gasteiger partial charge in [0.25, 0.3) is 5.91 Å². The Labute approximate surface area is 119 Å². The first-order chi connectivity index (χ1) is 9.88. The molecule has 0 saturated heterocycles. The first-order valence-electron chi connectivity index (χ1n) is 6.31. The van der Waals surface area contributed by atoms with Gasteiger partial charge in [0.2, 0.25) is 0 Å². The first-order valence-corrected chi connectivity index (χ1v) is 6.31. The van der Waals surface area contributed by atoms with Gasteiger partial charge in [-0.05, 0) is 25.1 Å². The molecule has 112 valence electrons. The Kier molecular flexibility index (Phi) is 4.30. The van der Waals surface area contributed by atoms with Crippen molar-refractivity contribution in [3.8, 4) is 0 Å². The van der Waals surface area contributed by atoms with Gasteiger partial charge in [0.15, 0.2) is 0 Å². The van der Waals surface area contributed by atoms with Gasteiger partial charge in [-0.15, -0.1) is 0 Å². The zero-order valence-corrected chi connectivity index (χ0v) is 11.3. The Balaban J connectivity index is 1.96. The fourth-order valence-corrected chi connectivity index (χ4v) is 1.87. The molecule has 7 heteroatoms. The molecule has 1 aromatic heterocycles. The van der Waals surface area contributed by atoms with E-state index in [0.29, 0.717) is 13.1 Å². The van der Waals surface area contributed by atoms with Crippen LogP contribution in [0.3, 0.4) is 0 Å². The van der Waals surface area contributed by atoms with E-state index in [2.05, 4.69) is 10.3 Å². The molecule has 2 rings (SSSR count). The first kappa shape index (κ1) is 15.1. The van der Waals surface area contributed by atoms with Crippen LogP contribution >= 0.6 is 0 Å². The summed E-state index contributed by atoms with van der Waals surface area (Å²) in [5, 5.41) is 2.59. The Morgan fingerprint density at radius 1 is 1.38 bits per heavy atom. The Hall–Kier alpha value is -2.31. The van der Waals surface area contributed by atoms with E-state index in [0.717, 1.165) is 18.0 Å². The summed E-state index contributed by atoms with van der Waals surface area (Å²) in [6.07, 6.45) is -1.04. The molecule has 0 bridgehead atoms. The Morgan fingerprint density at radius 2 is 2.14 bits per heavy atom. The van der Waals surface area contributed by atoms with Crippen LogP contribution < -0.4 is 5.32 Å². The highest BCUT2D eigenvalue weighted by molar-refractivity contribution is 5.94. The second-order valence-corrected chi connectivity index (χ2v) is 4.50. The van der Waals surface area contributed by atoms with Gasteiger partial charge >= 0.3 is 6.18 Å². The number of halogens is 3. The van der Waals surface area contributed by atoms with Crippen molar-refractivity contribution in [2.45, 2.75) is 19.6 Å². The zero-order valence-electron chi connectivity index (χ0n) is 11.3. The number of carbonyl (C=O) groups is 1. The minimum atomic E-state index is -4.45. The van der Waals surface area contributed by atoms with E-state index in [-0.39, 0.29) is 5.56 Å². The van der Waals surface area contributed by atoms with Crippen LogP contribution in [0.2, 0.25) is 0 Å². The van der Waals surface area contributed by atoms with Crippen molar-refractivity contribution >= 4 is 5.91 Å². The fraction of sp³-hybridized carbons (Fsp3) is 0.286. The second kappa shape index (κ2) is 5.99. The van der Waals surface area contributed by atoms with Gasteiger partial charge in [0, 0.05) is 31.0 Å². The van der Waals surface area contributed by atoms with E-state index in [9.17, 15) is 18.0 Å². The van der Waals surface area contributed by atoms with Crippen LogP contribution in [0.25, 0.3) is 0 Å². The summed E-state index contributed by atoms with van der Waals surface area (Å²) in [6.45, 7) is 2.65. The predicted octanol–water partition coefficient (Wildman–Crippen LogP) is 2.64. The van der Waals surface area contributed by atoms with Crippen molar-refractivity contribution in [1.82, 2.24) is 14.9 Å². The molecule has 0 aliphatic carbocycles. The molecule has 0 fully saturated rings. The van der Waals surface area contributed by atoms with Crippen molar-refractivity contribution in [2.75, 3.05) is 6.54 Å². The molecule has 4 nitrogen and oxygen atoms in total. The minimum absolute atomic E-state index is 0.00724. The van der Waals surface area contributed by atoms with Gasteiger partial charge in [-0.2, -0.15) is 13.2 Å². The highest BCUT2D eigenvalue weighted by Crippen LogP contribution is 2.29. The van der Waals surface area contributed by atoms with E-state index in [1.54, 1.807) is 12.4 Å². The molecule has 0 atom stereocenters. The molecule has 2 aromatic rings. The minimum Gasteiger partial charge on any atom is -0.350 e. The molecule has 1 amide bonds. The topological polar surface area (TPSA) is 46.9 Å². The Bertz CT molecular complexity index is 634. The number of hydrogen-bond donors (Lipinski definition) is 1. The van der Waals surface area contributed by atoms with Gasteiger partial charge in [-0.1, -0.05) is 6.07 Å². The summed E-state index contributed by atoms with van der Waals surface area (Å²) < 4.78 is 39.6. The maximum absolute atomic E-state index is 12.6. The van der Waals surface area contributed by atoms with E-state index < -0.39 is 17.6 Å². The third kappa shape index (κ3) is 3.84. The standard InChI is InChI=1S/C14H14F3N3O/c1-10-18-5-7-20(10)8-6-19-13(21)11-3-2-4-12(9-11)14(15,16)17/h2-5,7,9H,6,8H2,1H3,(H,19,21). The number of aromatic nitrogens is 2. The van der Waals surface area contributed by atoms with Crippen molar-refractivity contribution in [1.29, 1.82) is 0 Å². The van der Waals surface area contributed by atoms with Crippen LogP contribution in [0.5, 0.6) is 0 Å². The average Bonchev–Trinajstić information content (AvgIpc) is 2.83. The summed E-state index contributed by atoms with van der Waals surface area (Å²) in [7, 11) is 0. The SMILES string of the molecule is Cc1nccn1CCNC(=O)c1cccc(C(F)(F)F)c1. The quantitative estimate of drug-likeness (QED) is 0.943. The molecule has 0 aliphatic rings. The van der Waals surface area contributed by atoms with Gasteiger partial charge in [-0.3, -0.25) is 4.79 Å².